The molecule has 0 fully saturated rings. The Morgan fingerprint density at radius 1 is 1.07 bits per heavy atom. The summed E-state index contributed by atoms with van der Waals surface area (Å²) in [7, 11) is 0. The number of hydrogen-bond donors (Lipinski definition) is 1. The van der Waals surface area contributed by atoms with Crippen molar-refractivity contribution in [3.8, 4) is 0 Å². The lowest BCUT2D eigenvalue weighted by Crippen LogP contribution is -2.27. The number of rotatable bonds is 2. The minimum Gasteiger partial charge on any atom is -0.275 e. The molecule has 4 nitrogen and oxygen atoms in total. The first-order valence-electron chi connectivity index (χ1n) is 4.23. The minimum absolute atomic E-state index is 0.184. The molecule has 0 amide bonds. The Morgan fingerprint density at radius 3 is 2.57 bits per heavy atom. The molecule has 14 heavy (non-hydrogen) atoms. The van der Waals surface area contributed by atoms with Gasteiger partial charge in [0.15, 0.2) is 0 Å². The maximum atomic E-state index is 11.3. The molecular weight excluding hydrogens is 178 g/mol. The smallest absolute Gasteiger partial charge is 0.275 e. The van der Waals surface area contributed by atoms with E-state index in [1.54, 1.807) is 12.3 Å². The summed E-state index contributed by atoms with van der Waals surface area (Å²) in [5, 5.41) is 3.87. The van der Waals surface area contributed by atoms with Crippen LogP contribution in [-0.2, 0) is 0 Å². The molecule has 70 valence electrons. The van der Waals surface area contributed by atoms with Crippen molar-refractivity contribution in [1.82, 2.24) is 9.89 Å². The third-order valence-electron chi connectivity index (χ3n) is 1.72. The monoisotopic (exact) mass is 187 g/mol. The van der Waals surface area contributed by atoms with Crippen molar-refractivity contribution in [3.63, 3.8) is 0 Å². The van der Waals surface area contributed by atoms with Crippen molar-refractivity contribution in [1.29, 1.82) is 0 Å². The van der Waals surface area contributed by atoms with Gasteiger partial charge in [0.1, 0.15) is 0 Å². The van der Waals surface area contributed by atoms with Crippen LogP contribution < -0.4 is 11.0 Å². The molecule has 2 rings (SSSR count). The van der Waals surface area contributed by atoms with Gasteiger partial charge in [-0.3, -0.25) is 10.2 Å². The van der Waals surface area contributed by atoms with Crippen LogP contribution in [0.2, 0.25) is 0 Å². The molecule has 0 bridgehead atoms. The summed E-state index contributed by atoms with van der Waals surface area (Å²) >= 11 is 0. The molecule has 1 aromatic carbocycles. The van der Waals surface area contributed by atoms with Crippen LogP contribution in [0.4, 0.5) is 5.69 Å². The predicted molar refractivity (Wildman–Crippen MR) is 54.0 cm³/mol. The molecule has 0 aliphatic carbocycles. The zero-order valence-electron chi connectivity index (χ0n) is 7.42. The Balaban J connectivity index is 2.28. The standard InChI is InChI=1S/C10H9N3O/c14-10-7-4-8-11-13(10)12-9-5-2-1-3-6-9/h1-8,12H. The number of nitrogens with zero attached hydrogens (tertiary/aromatic N) is 2. The van der Waals surface area contributed by atoms with Crippen LogP contribution in [-0.4, -0.2) is 9.89 Å². The van der Waals surface area contributed by atoms with Crippen LogP contribution in [0.5, 0.6) is 0 Å². The average Bonchev–Trinajstić information content (AvgIpc) is 2.23. The third kappa shape index (κ3) is 1.80. The molecule has 0 saturated heterocycles. The zero-order valence-corrected chi connectivity index (χ0v) is 7.42. The Kier molecular flexibility index (Phi) is 2.27. The first-order valence-corrected chi connectivity index (χ1v) is 4.23. The Morgan fingerprint density at radius 2 is 1.86 bits per heavy atom. The molecule has 0 spiro atoms. The second-order valence-corrected chi connectivity index (χ2v) is 2.75. The lowest BCUT2D eigenvalue weighted by Gasteiger charge is -2.05. The third-order valence-corrected chi connectivity index (χ3v) is 1.72. The van der Waals surface area contributed by atoms with Crippen LogP contribution in [0, 0.1) is 0 Å². The number of anilines is 1. The Hall–Kier alpha value is -2.10. The molecule has 0 radical (unpaired) electrons. The highest BCUT2D eigenvalue weighted by molar-refractivity contribution is 5.41. The lowest BCUT2D eigenvalue weighted by molar-refractivity contribution is 0.740. The summed E-state index contributed by atoms with van der Waals surface area (Å²) in [5.74, 6) is 0. The topological polar surface area (TPSA) is 46.9 Å². The second kappa shape index (κ2) is 3.74. The van der Waals surface area contributed by atoms with E-state index in [2.05, 4.69) is 10.5 Å². The molecular formula is C10H9N3O. The van der Waals surface area contributed by atoms with Crippen LogP contribution in [0.1, 0.15) is 0 Å². The molecule has 1 N–H and O–H groups in total. The Bertz CT molecular complexity index is 464. The van der Waals surface area contributed by atoms with Gasteiger partial charge in [-0.2, -0.15) is 5.10 Å². The molecule has 2 aromatic rings. The van der Waals surface area contributed by atoms with E-state index in [1.165, 1.54) is 10.9 Å². The number of hydrogen-bond acceptors (Lipinski definition) is 3. The van der Waals surface area contributed by atoms with Crippen LogP contribution >= 0.6 is 0 Å². The predicted octanol–water partition coefficient (Wildman–Crippen LogP) is 1.12. The van der Waals surface area contributed by atoms with Crippen LogP contribution in [0.25, 0.3) is 0 Å². The van der Waals surface area contributed by atoms with Gasteiger partial charge in [0.05, 0.1) is 5.69 Å². The fraction of sp³-hybridized carbons (Fsp3) is 0. The van der Waals surface area contributed by atoms with E-state index in [9.17, 15) is 4.79 Å². The van der Waals surface area contributed by atoms with Crippen molar-refractivity contribution in [2.75, 3.05) is 5.43 Å². The normalized spacial score (nSPS) is 9.71. The molecule has 4 heteroatoms. The SMILES string of the molecule is O=c1cccnn1Nc1ccccc1. The molecule has 0 aliphatic rings. The summed E-state index contributed by atoms with van der Waals surface area (Å²) in [5.41, 5.74) is 3.51. The highest BCUT2D eigenvalue weighted by atomic mass is 16.1. The molecule has 0 aliphatic heterocycles. The van der Waals surface area contributed by atoms with E-state index in [4.69, 9.17) is 0 Å². The average molecular weight is 187 g/mol. The van der Waals surface area contributed by atoms with E-state index >= 15 is 0 Å². The van der Waals surface area contributed by atoms with Gasteiger partial charge in [-0.1, -0.05) is 18.2 Å². The molecule has 0 unspecified atom stereocenters. The van der Waals surface area contributed by atoms with Crippen LogP contribution in [0.3, 0.4) is 0 Å². The van der Waals surface area contributed by atoms with Gasteiger partial charge in [0.25, 0.3) is 5.56 Å². The van der Waals surface area contributed by atoms with Crippen molar-refractivity contribution in [3.05, 3.63) is 59.0 Å². The van der Waals surface area contributed by atoms with Gasteiger partial charge in [0, 0.05) is 12.3 Å². The molecule has 1 aromatic heterocycles. The van der Waals surface area contributed by atoms with Gasteiger partial charge in [-0.25, -0.2) is 0 Å². The Labute approximate surface area is 80.8 Å². The largest absolute Gasteiger partial charge is 0.286 e. The number of para-hydroxylation sites is 1. The van der Waals surface area contributed by atoms with Gasteiger partial charge in [0.2, 0.25) is 0 Å². The van der Waals surface area contributed by atoms with Crippen molar-refractivity contribution < 1.29 is 0 Å². The molecule has 0 saturated carbocycles. The summed E-state index contributed by atoms with van der Waals surface area (Å²) < 4.78 is 0. The van der Waals surface area contributed by atoms with Crippen LogP contribution in [0.15, 0.2) is 53.5 Å². The zero-order chi connectivity index (χ0) is 9.80. The van der Waals surface area contributed by atoms with Crippen molar-refractivity contribution >= 4 is 5.69 Å². The first kappa shape index (κ1) is 8.50. The maximum absolute atomic E-state index is 11.3. The summed E-state index contributed by atoms with van der Waals surface area (Å²) in [6.45, 7) is 0. The van der Waals surface area contributed by atoms with Crippen molar-refractivity contribution in [2.45, 2.75) is 0 Å². The summed E-state index contributed by atoms with van der Waals surface area (Å²) in [4.78, 5) is 12.5. The molecule has 1 heterocycles. The van der Waals surface area contributed by atoms with Gasteiger partial charge in [-0.05, 0) is 18.2 Å². The molecule has 0 atom stereocenters. The van der Waals surface area contributed by atoms with Crippen molar-refractivity contribution in [2.24, 2.45) is 0 Å². The first-order chi connectivity index (χ1) is 6.86. The highest BCUT2D eigenvalue weighted by Gasteiger charge is 1.93. The van der Waals surface area contributed by atoms with Gasteiger partial charge < -0.3 is 0 Å². The van der Waals surface area contributed by atoms with E-state index in [1.807, 2.05) is 30.3 Å². The minimum atomic E-state index is -0.184. The summed E-state index contributed by atoms with van der Waals surface area (Å²) in [6, 6.07) is 12.5. The van der Waals surface area contributed by atoms with E-state index in [0.29, 0.717) is 0 Å². The fourth-order valence-corrected chi connectivity index (χ4v) is 1.08. The summed E-state index contributed by atoms with van der Waals surface area (Å²) in [6.07, 6.45) is 1.55. The van der Waals surface area contributed by atoms with Gasteiger partial charge >= 0.3 is 0 Å². The second-order valence-electron chi connectivity index (χ2n) is 2.75. The quantitative estimate of drug-likeness (QED) is 0.766. The highest BCUT2D eigenvalue weighted by Crippen LogP contribution is 2.03. The number of benzene rings is 1. The fourth-order valence-electron chi connectivity index (χ4n) is 1.08. The van der Waals surface area contributed by atoms with E-state index in [0.717, 1.165) is 5.69 Å². The van der Waals surface area contributed by atoms with E-state index in [-0.39, 0.29) is 5.56 Å². The maximum Gasteiger partial charge on any atom is 0.286 e. The van der Waals surface area contributed by atoms with Gasteiger partial charge in [-0.15, -0.1) is 4.79 Å². The number of aromatic nitrogens is 2. The lowest BCUT2D eigenvalue weighted by atomic mass is 10.3. The van der Waals surface area contributed by atoms with E-state index < -0.39 is 0 Å². The number of nitrogens with one attached hydrogen (secondary N) is 1.